The highest BCUT2D eigenvalue weighted by atomic mass is 16.4. The average Bonchev–Trinajstić information content (AvgIpc) is 3.73. The Kier molecular flexibility index (Phi) is 19.3. The zero-order valence-corrected chi connectivity index (χ0v) is 37.4. The standard InChI is InChI=1S/C51H63N7O7/c1-3-4-5-6-13-21-46(60)53-30-15-14-20-43(55-48(61)42(52)33-39-34-58(40-18-11-8-12-19-40)47(54-39)38-16-9-7-10-17-38)49(62)56-44(31-36-24-22-35(2)23-25-36)50(63)57-45(51(64)65)32-37-26-28-41(59)29-27-37/h7-12,16-19,22-29,34,42-45,59H,3-6,13-15,20-21,30-33,52H2,1-2H3,(H,53,60)(H,55,61)(H,56,62)(H,57,63)(H,64,65)/t42-,43-,44+,45-/m0/s1. The Morgan fingerprint density at radius 2 is 1.25 bits per heavy atom. The quantitative estimate of drug-likeness (QED) is 0.0319. The van der Waals surface area contributed by atoms with Gasteiger partial charge in [0.15, 0.2) is 0 Å². The van der Waals surface area contributed by atoms with Crippen molar-refractivity contribution in [3.63, 3.8) is 0 Å². The van der Waals surface area contributed by atoms with Gasteiger partial charge < -0.3 is 37.2 Å². The van der Waals surface area contributed by atoms with Crippen molar-refractivity contribution in [2.45, 2.75) is 115 Å². The van der Waals surface area contributed by atoms with Crippen LogP contribution >= 0.6 is 0 Å². The summed E-state index contributed by atoms with van der Waals surface area (Å²) in [6.07, 6.45) is 8.62. The number of amides is 4. The van der Waals surface area contributed by atoms with Crippen LogP contribution < -0.4 is 27.0 Å². The number of carboxylic acid groups (broad SMARTS) is 1. The zero-order chi connectivity index (χ0) is 46.6. The molecule has 1 aromatic heterocycles. The number of imidazole rings is 1. The van der Waals surface area contributed by atoms with Crippen molar-refractivity contribution in [2.24, 2.45) is 5.73 Å². The van der Waals surface area contributed by atoms with E-state index in [0.717, 1.165) is 54.5 Å². The fraction of sp³-hybridized carbons (Fsp3) is 0.373. The number of aromatic nitrogens is 2. The van der Waals surface area contributed by atoms with E-state index in [1.165, 1.54) is 12.1 Å². The topological polar surface area (TPSA) is 218 Å². The molecule has 0 fully saturated rings. The first kappa shape index (κ1) is 49.2. The van der Waals surface area contributed by atoms with Crippen LogP contribution in [0.15, 0.2) is 115 Å². The summed E-state index contributed by atoms with van der Waals surface area (Å²) in [7, 11) is 0. The monoisotopic (exact) mass is 885 g/mol. The van der Waals surface area contributed by atoms with Gasteiger partial charge in [-0.05, 0) is 68.0 Å². The van der Waals surface area contributed by atoms with Crippen molar-refractivity contribution < 1.29 is 34.2 Å². The van der Waals surface area contributed by atoms with Gasteiger partial charge in [-0.3, -0.25) is 23.7 Å². The van der Waals surface area contributed by atoms with Crippen molar-refractivity contribution in [2.75, 3.05) is 6.54 Å². The Balaban J connectivity index is 1.32. The van der Waals surface area contributed by atoms with Crippen molar-refractivity contribution in [1.82, 2.24) is 30.8 Å². The SMILES string of the molecule is CCCCCCCC(=O)NCCCC[C@H](NC(=O)[C@@H](N)Cc1cn(-c2ccccc2)c(-c2ccccc2)n1)C(=O)N[C@H](Cc1ccc(C)cc1)C(=O)N[C@@H](Cc1ccc(O)cc1)C(=O)O. The molecule has 14 nitrogen and oxygen atoms in total. The summed E-state index contributed by atoms with van der Waals surface area (Å²) in [5.41, 5.74) is 11.1. The van der Waals surface area contributed by atoms with Crippen LogP contribution in [0.25, 0.3) is 17.1 Å². The van der Waals surface area contributed by atoms with Crippen molar-refractivity contribution in [3.05, 3.63) is 138 Å². The second kappa shape index (κ2) is 25.5. The van der Waals surface area contributed by atoms with Crippen LogP contribution in [0, 0.1) is 6.92 Å². The lowest BCUT2D eigenvalue weighted by Crippen LogP contribution is -2.58. The third-order valence-corrected chi connectivity index (χ3v) is 11.2. The van der Waals surface area contributed by atoms with Gasteiger partial charge in [0, 0.05) is 49.7 Å². The number of hydrogen-bond donors (Lipinski definition) is 7. The molecule has 0 radical (unpaired) electrons. The Hall–Kier alpha value is -6.80. The van der Waals surface area contributed by atoms with Crippen LogP contribution in [0.3, 0.4) is 0 Å². The van der Waals surface area contributed by atoms with Gasteiger partial charge >= 0.3 is 5.97 Å². The highest BCUT2D eigenvalue weighted by Crippen LogP contribution is 2.24. The number of phenolic OH excluding ortho intramolecular Hbond substituents is 1. The van der Waals surface area contributed by atoms with E-state index < -0.39 is 47.9 Å². The van der Waals surface area contributed by atoms with E-state index in [4.69, 9.17) is 10.7 Å². The number of carbonyl (C=O) groups is 5. The van der Waals surface area contributed by atoms with E-state index in [9.17, 15) is 34.2 Å². The first-order chi connectivity index (χ1) is 31.4. The summed E-state index contributed by atoms with van der Waals surface area (Å²) in [5, 5.41) is 31.0. The summed E-state index contributed by atoms with van der Waals surface area (Å²) in [5.74, 6) is -2.61. The molecule has 5 aromatic rings. The predicted molar refractivity (Wildman–Crippen MR) is 251 cm³/mol. The van der Waals surface area contributed by atoms with E-state index in [-0.39, 0.29) is 37.3 Å². The van der Waals surface area contributed by atoms with E-state index in [2.05, 4.69) is 28.2 Å². The van der Waals surface area contributed by atoms with Gasteiger partial charge in [-0.15, -0.1) is 0 Å². The molecule has 0 aliphatic heterocycles. The minimum Gasteiger partial charge on any atom is -0.508 e. The molecule has 8 N–H and O–H groups in total. The van der Waals surface area contributed by atoms with Gasteiger partial charge in [0.25, 0.3) is 0 Å². The number of nitrogens with one attached hydrogen (secondary N) is 4. The first-order valence-electron chi connectivity index (χ1n) is 22.6. The summed E-state index contributed by atoms with van der Waals surface area (Å²) in [6.45, 7) is 4.45. The average molecular weight is 886 g/mol. The number of unbranched alkanes of at least 4 members (excludes halogenated alkanes) is 5. The Morgan fingerprint density at radius 3 is 1.91 bits per heavy atom. The highest BCUT2D eigenvalue weighted by Gasteiger charge is 2.31. The van der Waals surface area contributed by atoms with Crippen molar-refractivity contribution >= 4 is 29.6 Å². The van der Waals surface area contributed by atoms with Gasteiger partial charge in [0.2, 0.25) is 23.6 Å². The van der Waals surface area contributed by atoms with E-state index in [0.29, 0.717) is 42.9 Å². The number of aromatic hydroxyl groups is 1. The maximum absolute atomic E-state index is 14.3. The Bertz CT molecular complexity index is 2230. The number of aryl methyl sites for hydroxylation is 1. The predicted octanol–water partition coefficient (Wildman–Crippen LogP) is 6.09. The van der Waals surface area contributed by atoms with Gasteiger partial charge in [0.05, 0.1) is 11.7 Å². The largest absolute Gasteiger partial charge is 0.508 e. The van der Waals surface area contributed by atoms with Crippen LogP contribution in [0.5, 0.6) is 5.75 Å². The number of carboxylic acids is 1. The minimum atomic E-state index is -1.35. The molecule has 344 valence electrons. The van der Waals surface area contributed by atoms with Crippen LogP contribution in [0.1, 0.15) is 87.1 Å². The summed E-state index contributed by atoms with van der Waals surface area (Å²) < 4.78 is 1.94. The second-order valence-electron chi connectivity index (χ2n) is 16.5. The molecule has 0 unspecified atom stereocenters. The molecule has 4 atom stereocenters. The summed E-state index contributed by atoms with van der Waals surface area (Å²) in [6, 6.07) is 27.9. The van der Waals surface area contributed by atoms with E-state index in [1.54, 1.807) is 12.1 Å². The van der Waals surface area contributed by atoms with Gasteiger partial charge in [0.1, 0.15) is 29.7 Å². The van der Waals surface area contributed by atoms with Crippen LogP contribution in [0.4, 0.5) is 0 Å². The molecule has 65 heavy (non-hydrogen) atoms. The third kappa shape index (κ3) is 16.1. The molecule has 0 spiro atoms. The van der Waals surface area contributed by atoms with Crippen LogP contribution in [-0.2, 0) is 43.2 Å². The molecule has 4 aromatic carbocycles. The smallest absolute Gasteiger partial charge is 0.326 e. The molecule has 0 saturated heterocycles. The zero-order valence-electron chi connectivity index (χ0n) is 37.4. The minimum absolute atomic E-state index is 0.0158. The molecule has 0 aliphatic carbocycles. The van der Waals surface area contributed by atoms with Gasteiger partial charge in [-0.2, -0.15) is 0 Å². The molecule has 1 heterocycles. The molecular formula is C51H63N7O7. The first-order valence-corrected chi connectivity index (χ1v) is 22.6. The maximum atomic E-state index is 14.3. The van der Waals surface area contributed by atoms with E-state index >= 15 is 0 Å². The fourth-order valence-corrected chi connectivity index (χ4v) is 7.43. The number of hydrogen-bond acceptors (Lipinski definition) is 8. The lowest BCUT2D eigenvalue weighted by Gasteiger charge is -2.25. The summed E-state index contributed by atoms with van der Waals surface area (Å²) in [4.78, 5) is 72.0. The Labute approximate surface area is 381 Å². The van der Waals surface area contributed by atoms with Crippen molar-refractivity contribution in [3.8, 4) is 22.8 Å². The number of carbonyl (C=O) groups excluding carboxylic acids is 4. The fourth-order valence-electron chi connectivity index (χ4n) is 7.43. The normalized spacial score (nSPS) is 12.9. The van der Waals surface area contributed by atoms with Crippen LogP contribution in [0.2, 0.25) is 0 Å². The lowest BCUT2D eigenvalue weighted by molar-refractivity contribution is -0.142. The molecular weight excluding hydrogens is 823 g/mol. The maximum Gasteiger partial charge on any atom is 0.326 e. The number of para-hydroxylation sites is 1. The number of nitrogens with two attached hydrogens (primary N) is 1. The number of benzene rings is 4. The number of rotatable bonds is 26. The number of nitrogens with zero attached hydrogens (tertiary/aromatic N) is 2. The molecule has 4 amide bonds. The molecule has 0 saturated carbocycles. The molecule has 0 bridgehead atoms. The van der Waals surface area contributed by atoms with Gasteiger partial charge in [-0.1, -0.05) is 123 Å². The number of phenols is 1. The van der Waals surface area contributed by atoms with Gasteiger partial charge in [-0.25, -0.2) is 9.78 Å². The Morgan fingerprint density at radius 1 is 0.662 bits per heavy atom. The van der Waals surface area contributed by atoms with E-state index in [1.807, 2.05) is 103 Å². The van der Waals surface area contributed by atoms with Crippen LogP contribution in [-0.4, -0.2) is 80.1 Å². The lowest BCUT2D eigenvalue weighted by atomic mass is 10.0. The summed E-state index contributed by atoms with van der Waals surface area (Å²) >= 11 is 0. The number of aliphatic carboxylic acids is 1. The van der Waals surface area contributed by atoms with Crippen molar-refractivity contribution in [1.29, 1.82) is 0 Å². The third-order valence-electron chi connectivity index (χ3n) is 11.2. The molecule has 5 rings (SSSR count). The molecule has 14 heteroatoms. The molecule has 0 aliphatic rings. The highest BCUT2D eigenvalue weighted by molar-refractivity contribution is 5.94. The second-order valence-corrected chi connectivity index (χ2v) is 16.5.